The molecule has 1 aliphatic heterocycles. The number of nitrogens with zero attached hydrogens (tertiary/aromatic N) is 1. The fourth-order valence-electron chi connectivity index (χ4n) is 2.81. The van der Waals surface area contributed by atoms with E-state index >= 15 is 0 Å². The first kappa shape index (κ1) is 14.1. The largest absolute Gasteiger partial charge is 0.459 e. The Balaban J connectivity index is 1.91. The number of aryl methyl sites for hydroxylation is 1. The SMILES string of the molecule is Oc1c(-c2ccc(Cl)cc2)sc2[n+]1CCc1ccc(Cl)cc1-2. The van der Waals surface area contributed by atoms with Crippen molar-refractivity contribution in [1.82, 2.24) is 0 Å². The molecule has 2 aromatic carbocycles. The molecule has 0 aliphatic carbocycles. The summed E-state index contributed by atoms with van der Waals surface area (Å²) >= 11 is 13.7. The molecular weight excluding hydrogens is 337 g/mol. The number of hydrogen-bond donors (Lipinski definition) is 1. The summed E-state index contributed by atoms with van der Waals surface area (Å²) in [5.74, 6) is 0.313. The van der Waals surface area contributed by atoms with Crippen molar-refractivity contribution in [2.24, 2.45) is 0 Å². The zero-order valence-electron chi connectivity index (χ0n) is 11.5. The highest BCUT2D eigenvalue weighted by Crippen LogP contribution is 2.41. The quantitative estimate of drug-likeness (QED) is 0.619. The average Bonchev–Trinajstić information content (AvgIpc) is 2.86. The second kappa shape index (κ2) is 5.27. The summed E-state index contributed by atoms with van der Waals surface area (Å²) in [7, 11) is 0. The molecule has 1 aromatic heterocycles. The van der Waals surface area contributed by atoms with Crippen molar-refractivity contribution in [3.8, 4) is 26.9 Å². The van der Waals surface area contributed by atoms with Crippen LogP contribution in [-0.2, 0) is 13.0 Å². The molecule has 22 heavy (non-hydrogen) atoms. The Morgan fingerprint density at radius 2 is 1.73 bits per heavy atom. The van der Waals surface area contributed by atoms with E-state index in [9.17, 15) is 5.11 Å². The van der Waals surface area contributed by atoms with E-state index in [1.807, 2.05) is 41.0 Å². The number of thiazole rings is 1. The predicted octanol–water partition coefficient (Wildman–Crippen LogP) is 4.94. The van der Waals surface area contributed by atoms with Crippen LogP contribution < -0.4 is 4.57 Å². The molecule has 4 rings (SSSR count). The van der Waals surface area contributed by atoms with E-state index in [4.69, 9.17) is 23.2 Å². The van der Waals surface area contributed by atoms with Crippen LogP contribution in [0.15, 0.2) is 42.5 Å². The molecule has 0 atom stereocenters. The van der Waals surface area contributed by atoms with E-state index in [1.165, 1.54) is 5.56 Å². The van der Waals surface area contributed by atoms with Crippen molar-refractivity contribution in [2.75, 3.05) is 0 Å². The highest BCUT2D eigenvalue weighted by atomic mass is 35.5. The Bertz CT molecular complexity index is 871. The summed E-state index contributed by atoms with van der Waals surface area (Å²) in [5, 5.41) is 13.1. The van der Waals surface area contributed by atoms with E-state index in [1.54, 1.807) is 11.3 Å². The first-order valence-corrected chi connectivity index (χ1v) is 8.51. The minimum absolute atomic E-state index is 0.313. The lowest BCUT2D eigenvalue weighted by Crippen LogP contribution is -2.37. The first-order chi connectivity index (χ1) is 10.6. The molecule has 0 unspecified atom stereocenters. The van der Waals surface area contributed by atoms with Crippen LogP contribution in [0.5, 0.6) is 5.88 Å². The standard InChI is InChI=1S/C17H11Cl2NOS/c18-12-4-2-11(3-5-12)15-16(21)20-8-7-10-1-6-13(19)9-14(10)17(20)22-15/h1-6,9H,7-8H2/p+1. The van der Waals surface area contributed by atoms with Crippen molar-refractivity contribution < 1.29 is 9.67 Å². The Morgan fingerprint density at radius 3 is 2.50 bits per heavy atom. The molecule has 1 N–H and O–H groups in total. The summed E-state index contributed by atoms with van der Waals surface area (Å²) in [4.78, 5) is 0.861. The second-order valence-electron chi connectivity index (χ2n) is 5.27. The third-order valence-electron chi connectivity index (χ3n) is 3.92. The van der Waals surface area contributed by atoms with Crippen molar-refractivity contribution >= 4 is 34.5 Å². The van der Waals surface area contributed by atoms with Crippen molar-refractivity contribution in [3.63, 3.8) is 0 Å². The number of rotatable bonds is 1. The summed E-state index contributed by atoms with van der Waals surface area (Å²) < 4.78 is 1.97. The lowest BCUT2D eigenvalue weighted by Gasteiger charge is -2.11. The van der Waals surface area contributed by atoms with E-state index in [0.29, 0.717) is 15.9 Å². The van der Waals surface area contributed by atoms with Crippen LogP contribution >= 0.6 is 34.5 Å². The van der Waals surface area contributed by atoms with Gasteiger partial charge in [0, 0.05) is 22.0 Å². The summed E-state index contributed by atoms with van der Waals surface area (Å²) in [6.45, 7) is 0.778. The molecule has 0 saturated carbocycles. The normalized spacial score (nSPS) is 12.8. The van der Waals surface area contributed by atoms with Crippen LogP contribution in [0.2, 0.25) is 10.0 Å². The molecule has 1 aliphatic rings. The molecule has 3 aromatic rings. The minimum Gasteiger partial charge on any atom is -0.459 e. The van der Waals surface area contributed by atoms with Gasteiger partial charge in [0.1, 0.15) is 0 Å². The van der Waals surface area contributed by atoms with Gasteiger partial charge in [-0.05, 0) is 29.8 Å². The van der Waals surface area contributed by atoms with Gasteiger partial charge in [0.25, 0.3) is 5.01 Å². The molecule has 110 valence electrons. The van der Waals surface area contributed by atoms with Crippen molar-refractivity contribution in [2.45, 2.75) is 13.0 Å². The lowest BCUT2D eigenvalue weighted by atomic mass is 10.0. The molecule has 0 amide bonds. The Labute approximate surface area is 142 Å². The Hall–Kier alpha value is -1.55. The van der Waals surface area contributed by atoms with Crippen molar-refractivity contribution in [1.29, 1.82) is 0 Å². The maximum atomic E-state index is 10.6. The molecular formula is C17H12Cl2NOS+. The number of aromatic hydroxyl groups is 1. The maximum absolute atomic E-state index is 10.6. The van der Waals surface area contributed by atoms with Crippen LogP contribution in [-0.4, -0.2) is 5.11 Å². The number of aromatic nitrogens is 1. The van der Waals surface area contributed by atoms with Gasteiger partial charge in [0.2, 0.25) is 0 Å². The van der Waals surface area contributed by atoms with Gasteiger partial charge in [-0.1, -0.05) is 52.7 Å². The summed E-state index contributed by atoms with van der Waals surface area (Å²) in [6.07, 6.45) is 0.897. The molecule has 0 radical (unpaired) electrons. The highest BCUT2D eigenvalue weighted by molar-refractivity contribution is 7.18. The third kappa shape index (κ3) is 2.21. The van der Waals surface area contributed by atoms with E-state index in [-0.39, 0.29) is 0 Å². The first-order valence-electron chi connectivity index (χ1n) is 6.94. The summed E-state index contributed by atoms with van der Waals surface area (Å²) in [6, 6.07) is 13.5. The molecule has 0 fully saturated rings. The van der Waals surface area contributed by atoms with Crippen LogP contribution in [0, 0.1) is 0 Å². The zero-order valence-corrected chi connectivity index (χ0v) is 13.8. The Morgan fingerprint density at radius 1 is 1.00 bits per heavy atom. The number of hydrogen-bond acceptors (Lipinski definition) is 2. The van der Waals surface area contributed by atoms with Crippen LogP contribution in [0.4, 0.5) is 0 Å². The lowest BCUT2D eigenvalue weighted by molar-refractivity contribution is -0.688. The van der Waals surface area contributed by atoms with Gasteiger partial charge in [-0.15, -0.1) is 4.57 Å². The van der Waals surface area contributed by atoms with Crippen molar-refractivity contribution in [3.05, 3.63) is 58.1 Å². The van der Waals surface area contributed by atoms with E-state index < -0.39 is 0 Å². The Kier molecular flexibility index (Phi) is 3.37. The number of benzene rings is 2. The van der Waals surface area contributed by atoms with Gasteiger partial charge >= 0.3 is 5.88 Å². The van der Waals surface area contributed by atoms with Crippen LogP contribution in [0.3, 0.4) is 0 Å². The topological polar surface area (TPSA) is 24.1 Å². The van der Waals surface area contributed by atoms with Gasteiger partial charge in [0.05, 0.1) is 5.56 Å². The fraction of sp³-hybridized carbons (Fsp3) is 0.118. The van der Waals surface area contributed by atoms with Gasteiger partial charge in [-0.3, -0.25) is 0 Å². The van der Waals surface area contributed by atoms with Gasteiger partial charge in [-0.25, -0.2) is 0 Å². The van der Waals surface area contributed by atoms with Gasteiger partial charge < -0.3 is 5.11 Å². The molecule has 2 heterocycles. The van der Waals surface area contributed by atoms with Crippen LogP contribution in [0.25, 0.3) is 21.0 Å². The predicted molar refractivity (Wildman–Crippen MR) is 90.8 cm³/mol. The number of fused-ring (bicyclic) bond motifs is 3. The summed E-state index contributed by atoms with van der Waals surface area (Å²) in [5.41, 5.74) is 3.35. The van der Waals surface area contributed by atoms with Crippen LogP contribution in [0.1, 0.15) is 5.56 Å². The molecule has 5 heteroatoms. The molecule has 0 bridgehead atoms. The fourth-order valence-corrected chi connectivity index (χ4v) is 4.35. The monoisotopic (exact) mass is 348 g/mol. The van der Waals surface area contributed by atoms with E-state index in [0.717, 1.165) is 34.0 Å². The maximum Gasteiger partial charge on any atom is 0.385 e. The van der Waals surface area contributed by atoms with E-state index in [2.05, 4.69) is 6.07 Å². The van der Waals surface area contributed by atoms with Gasteiger partial charge in [-0.2, -0.15) is 0 Å². The minimum atomic E-state index is 0.313. The highest BCUT2D eigenvalue weighted by Gasteiger charge is 2.32. The number of halogens is 2. The second-order valence-corrected chi connectivity index (χ2v) is 7.14. The average molecular weight is 349 g/mol. The zero-order chi connectivity index (χ0) is 15.3. The molecule has 0 saturated heterocycles. The third-order valence-corrected chi connectivity index (χ3v) is 5.66. The molecule has 2 nitrogen and oxygen atoms in total. The van der Waals surface area contributed by atoms with Gasteiger partial charge in [0.15, 0.2) is 11.4 Å². The molecule has 0 spiro atoms. The smallest absolute Gasteiger partial charge is 0.385 e.